The van der Waals surface area contributed by atoms with Gasteiger partial charge in [0.1, 0.15) is 0 Å². The first-order valence-electron chi connectivity index (χ1n) is 4.10. The Hall–Kier alpha value is -0.330. The van der Waals surface area contributed by atoms with Crippen LogP contribution in [0.1, 0.15) is 20.3 Å². The molecule has 0 spiro atoms. The number of halogens is 5. The van der Waals surface area contributed by atoms with Gasteiger partial charge in [-0.05, 0) is 0 Å². The fraction of sp³-hybridized carbons (Fsp3) is 0.875. The van der Waals surface area contributed by atoms with Crippen LogP contribution in [0.25, 0.3) is 0 Å². The Balaban J connectivity index is 4.23. The lowest BCUT2D eigenvalue weighted by molar-refractivity contribution is -0.172. The second-order valence-corrected chi connectivity index (χ2v) is 4.44. The molecular formula is C8H11F5OS. The molecule has 0 heterocycles. The summed E-state index contributed by atoms with van der Waals surface area (Å²) in [6.45, 7) is 1.26. The Kier molecular flexibility index (Phi) is 5.02. The first-order valence-corrected chi connectivity index (χ1v) is 5.09. The summed E-state index contributed by atoms with van der Waals surface area (Å²) in [4.78, 5) is 10.4. The van der Waals surface area contributed by atoms with Gasteiger partial charge in [-0.15, -0.1) is 0 Å². The van der Waals surface area contributed by atoms with Gasteiger partial charge in [-0.2, -0.15) is 0 Å². The van der Waals surface area contributed by atoms with Crippen LogP contribution >= 0.6 is 11.8 Å². The molecule has 0 aliphatic rings. The number of carbonyl (C=O) groups excluding carboxylic acids is 1. The summed E-state index contributed by atoms with van der Waals surface area (Å²) < 4.78 is 62.7. The van der Waals surface area contributed by atoms with Crippen LogP contribution < -0.4 is 0 Å². The van der Waals surface area contributed by atoms with E-state index < -0.39 is 29.6 Å². The number of hydrogen-bond donors (Lipinski definition) is 0. The lowest BCUT2D eigenvalue weighted by Gasteiger charge is -2.24. The monoisotopic (exact) mass is 250 g/mol. The predicted octanol–water partition coefficient (Wildman–Crippen LogP) is 3.28. The van der Waals surface area contributed by atoms with Crippen LogP contribution in [0.15, 0.2) is 0 Å². The molecule has 0 saturated carbocycles. The standard InChI is InChI=1S/C8H11F5OS/c1-5(14)15-4-3-8(12,13)6(9)7(2,10)11/h6H,3-4H2,1-2H3. The number of carbonyl (C=O) groups is 1. The van der Waals surface area contributed by atoms with Gasteiger partial charge in [0.25, 0.3) is 11.8 Å². The Bertz CT molecular complexity index is 226. The molecule has 0 amide bonds. The third-order valence-electron chi connectivity index (χ3n) is 1.56. The minimum atomic E-state index is -4.11. The maximum atomic E-state index is 12.8. The maximum Gasteiger partial charge on any atom is 0.285 e. The van der Waals surface area contributed by atoms with Crippen LogP contribution in [0.5, 0.6) is 0 Å². The molecule has 0 fully saturated rings. The van der Waals surface area contributed by atoms with Crippen LogP contribution in [0.2, 0.25) is 0 Å². The molecule has 15 heavy (non-hydrogen) atoms. The summed E-state index contributed by atoms with van der Waals surface area (Å²) in [6, 6.07) is 0. The van der Waals surface area contributed by atoms with Crippen LogP contribution in [0.3, 0.4) is 0 Å². The van der Waals surface area contributed by atoms with Crippen molar-refractivity contribution >= 4 is 16.9 Å². The summed E-state index contributed by atoms with van der Waals surface area (Å²) in [7, 11) is 0. The summed E-state index contributed by atoms with van der Waals surface area (Å²) in [5.41, 5.74) is 0. The Morgan fingerprint density at radius 3 is 2.13 bits per heavy atom. The van der Waals surface area contributed by atoms with Crippen LogP contribution in [0, 0.1) is 0 Å². The van der Waals surface area contributed by atoms with Crippen molar-refractivity contribution in [2.24, 2.45) is 0 Å². The van der Waals surface area contributed by atoms with E-state index in [1.165, 1.54) is 0 Å². The van der Waals surface area contributed by atoms with Gasteiger partial charge in [0.2, 0.25) is 6.17 Å². The van der Waals surface area contributed by atoms with Gasteiger partial charge in [0.15, 0.2) is 5.12 Å². The molecule has 90 valence electrons. The molecule has 1 atom stereocenters. The van der Waals surface area contributed by atoms with Gasteiger partial charge < -0.3 is 0 Å². The lowest BCUT2D eigenvalue weighted by Crippen LogP contribution is -2.42. The van der Waals surface area contributed by atoms with Gasteiger partial charge in [0.05, 0.1) is 0 Å². The van der Waals surface area contributed by atoms with Crippen molar-refractivity contribution in [3.63, 3.8) is 0 Å². The van der Waals surface area contributed by atoms with Gasteiger partial charge in [-0.25, -0.2) is 22.0 Å². The zero-order valence-corrected chi connectivity index (χ0v) is 9.01. The van der Waals surface area contributed by atoms with E-state index in [2.05, 4.69) is 0 Å². The highest BCUT2D eigenvalue weighted by atomic mass is 32.2. The Morgan fingerprint density at radius 2 is 1.80 bits per heavy atom. The van der Waals surface area contributed by atoms with E-state index in [-0.39, 0.29) is 12.7 Å². The highest BCUT2D eigenvalue weighted by Gasteiger charge is 2.52. The maximum absolute atomic E-state index is 12.8. The first kappa shape index (κ1) is 14.7. The normalized spacial score (nSPS) is 15.1. The first-order chi connectivity index (χ1) is 6.57. The van der Waals surface area contributed by atoms with Gasteiger partial charge in [-0.1, -0.05) is 11.8 Å². The highest BCUT2D eigenvalue weighted by Crippen LogP contribution is 2.36. The molecule has 1 nitrogen and oxygen atoms in total. The van der Waals surface area contributed by atoms with Crippen molar-refractivity contribution < 1.29 is 26.7 Å². The second-order valence-electron chi connectivity index (χ2n) is 3.17. The minimum absolute atomic E-state index is 0.101. The summed E-state index contributed by atoms with van der Waals surface area (Å²) in [6.07, 6.45) is -4.60. The molecule has 0 aromatic carbocycles. The van der Waals surface area contributed by atoms with Gasteiger partial charge in [0, 0.05) is 26.0 Å². The number of rotatable bonds is 5. The highest BCUT2D eigenvalue weighted by molar-refractivity contribution is 8.13. The largest absolute Gasteiger partial charge is 0.288 e. The van der Waals surface area contributed by atoms with Crippen molar-refractivity contribution in [3.8, 4) is 0 Å². The molecule has 0 aliphatic heterocycles. The van der Waals surface area contributed by atoms with Crippen molar-refractivity contribution in [2.45, 2.75) is 38.3 Å². The molecule has 0 N–H and O–H groups in total. The third-order valence-corrected chi connectivity index (χ3v) is 2.37. The molecule has 7 heteroatoms. The van der Waals surface area contributed by atoms with Crippen molar-refractivity contribution in [2.75, 3.05) is 5.75 Å². The van der Waals surface area contributed by atoms with Gasteiger partial charge >= 0.3 is 0 Å². The SMILES string of the molecule is CC(=O)SCCC(F)(F)C(F)C(C)(F)F. The minimum Gasteiger partial charge on any atom is -0.288 e. The smallest absolute Gasteiger partial charge is 0.285 e. The molecule has 0 bridgehead atoms. The fourth-order valence-electron chi connectivity index (χ4n) is 0.828. The Labute approximate surface area is 88.4 Å². The third kappa shape index (κ3) is 5.34. The van der Waals surface area contributed by atoms with E-state index in [9.17, 15) is 26.7 Å². The number of alkyl halides is 5. The average molecular weight is 250 g/mol. The van der Waals surface area contributed by atoms with E-state index in [0.29, 0.717) is 11.8 Å². The van der Waals surface area contributed by atoms with Gasteiger partial charge in [-0.3, -0.25) is 4.79 Å². The van der Waals surface area contributed by atoms with E-state index in [4.69, 9.17) is 0 Å². The summed E-state index contributed by atoms with van der Waals surface area (Å²) in [5.74, 6) is -8.57. The van der Waals surface area contributed by atoms with E-state index in [1.54, 1.807) is 0 Å². The van der Waals surface area contributed by atoms with Crippen LogP contribution in [-0.4, -0.2) is 28.9 Å². The zero-order chi connectivity index (χ0) is 12.3. The molecule has 0 aliphatic carbocycles. The summed E-state index contributed by atoms with van der Waals surface area (Å²) >= 11 is 0.556. The summed E-state index contributed by atoms with van der Waals surface area (Å²) in [5, 5.41) is -0.413. The van der Waals surface area contributed by atoms with Crippen molar-refractivity contribution in [1.29, 1.82) is 0 Å². The van der Waals surface area contributed by atoms with Crippen molar-refractivity contribution in [1.82, 2.24) is 0 Å². The quantitative estimate of drug-likeness (QED) is 0.696. The second kappa shape index (κ2) is 5.14. The van der Waals surface area contributed by atoms with Crippen LogP contribution in [-0.2, 0) is 4.79 Å². The average Bonchev–Trinajstić information content (AvgIpc) is 2.00. The molecule has 0 aromatic heterocycles. The molecule has 0 aromatic rings. The predicted molar refractivity (Wildman–Crippen MR) is 48.2 cm³/mol. The lowest BCUT2D eigenvalue weighted by atomic mass is 10.1. The van der Waals surface area contributed by atoms with E-state index in [0.717, 1.165) is 6.92 Å². The molecular weight excluding hydrogens is 239 g/mol. The van der Waals surface area contributed by atoms with Crippen LogP contribution in [0.4, 0.5) is 22.0 Å². The molecule has 0 radical (unpaired) electrons. The van der Waals surface area contributed by atoms with Crippen molar-refractivity contribution in [3.05, 3.63) is 0 Å². The fourth-order valence-corrected chi connectivity index (χ4v) is 1.49. The van der Waals surface area contributed by atoms with E-state index in [1.807, 2.05) is 0 Å². The number of hydrogen-bond acceptors (Lipinski definition) is 2. The Morgan fingerprint density at radius 1 is 1.33 bits per heavy atom. The van der Waals surface area contributed by atoms with E-state index >= 15 is 0 Å². The number of thioether (sulfide) groups is 1. The zero-order valence-electron chi connectivity index (χ0n) is 8.20. The molecule has 0 rings (SSSR count). The molecule has 1 unspecified atom stereocenters. The topological polar surface area (TPSA) is 17.1 Å². The molecule has 0 saturated heterocycles.